The maximum absolute atomic E-state index is 13.0. The summed E-state index contributed by atoms with van der Waals surface area (Å²) < 4.78 is 5.25. The van der Waals surface area contributed by atoms with Gasteiger partial charge in [-0.2, -0.15) is 0 Å². The molecule has 3 heterocycles. The molecule has 4 rings (SSSR count). The van der Waals surface area contributed by atoms with Crippen molar-refractivity contribution in [1.82, 2.24) is 15.2 Å². The fourth-order valence-electron chi connectivity index (χ4n) is 3.54. The van der Waals surface area contributed by atoms with Crippen LogP contribution in [-0.4, -0.2) is 34.8 Å². The Morgan fingerprint density at radius 2 is 2.23 bits per heavy atom. The number of benzene rings is 1. The zero-order chi connectivity index (χ0) is 21.8. The summed E-state index contributed by atoms with van der Waals surface area (Å²) in [4.78, 5) is 31.7. The van der Waals surface area contributed by atoms with Crippen molar-refractivity contribution in [2.24, 2.45) is 5.92 Å². The zero-order valence-corrected chi connectivity index (χ0v) is 18.6. The first-order valence-electron chi connectivity index (χ1n) is 10.1. The monoisotopic (exact) mass is 458 g/mol. The predicted octanol–water partition coefficient (Wildman–Crippen LogP) is 4.61. The van der Waals surface area contributed by atoms with E-state index in [0.29, 0.717) is 41.2 Å². The molecule has 162 valence electrons. The lowest BCUT2D eigenvalue weighted by Gasteiger charge is -2.31. The molecule has 0 bridgehead atoms. The number of furan rings is 1. The zero-order valence-electron chi connectivity index (χ0n) is 17.1. The normalized spacial score (nSPS) is 16.2. The molecule has 0 saturated carbocycles. The molecular weight excluding hydrogens is 436 g/mol. The van der Waals surface area contributed by atoms with Gasteiger partial charge in [0.25, 0.3) is 5.91 Å². The van der Waals surface area contributed by atoms with Gasteiger partial charge in [-0.05, 0) is 49.6 Å². The number of amides is 2. The molecule has 0 aliphatic carbocycles. The van der Waals surface area contributed by atoms with E-state index in [-0.39, 0.29) is 17.7 Å². The first kappa shape index (κ1) is 21.4. The summed E-state index contributed by atoms with van der Waals surface area (Å²) in [6.07, 6.45) is 3.11. The molecule has 0 spiro atoms. The average Bonchev–Trinajstić information content (AvgIpc) is 3.46. The highest BCUT2D eigenvalue weighted by atomic mass is 35.5. The van der Waals surface area contributed by atoms with Crippen LogP contribution in [0.25, 0.3) is 0 Å². The number of likely N-dealkylation sites (tertiary alicyclic amines) is 1. The minimum atomic E-state index is -0.238. The number of nitrogens with one attached hydrogen (secondary N) is 2. The number of hydrogen-bond acceptors (Lipinski definition) is 6. The molecule has 3 aromatic rings. The summed E-state index contributed by atoms with van der Waals surface area (Å²) in [7, 11) is 0. The Hall–Kier alpha value is -2.84. The van der Waals surface area contributed by atoms with Crippen LogP contribution in [0.2, 0.25) is 5.02 Å². The van der Waals surface area contributed by atoms with E-state index in [2.05, 4.69) is 15.6 Å². The number of hydrogen-bond donors (Lipinski definition) is 2. The van der Waals surface area contributed by atoms with Gasteiger partial charge in [-0.3, -0.25) is 9.59 Å². The van der Waals surface area contributed by atoms with Gasteiger partial charge in [0.1, 0.15) is 11.5 Å². The summed E-state index contributed by atoms with van der Waals surface area (Å²) >= 11 is 7.44. The molecule has 0 unspecified atom stereocenters. The maximum atomic E-state index is 13.0. The number of thiazole rings is 1. The lowest BCUT2D eigenvalue weighted by Crippen LogP contribution is -2.45. The number of carbonyl (C=O) groups excluding carboxylic acids is 2. The van der Waals surface area contributed by atoms with Crippen LogP contribution >= 0.6 is 22.9 Å². The van der Waals surface area contributed by atoms with E-state index in [1.165, 1.54) is 11.3 Å². The number of halogens is 1. The van der Waals surface area contributed by atoms with Gasteiger partial charge in [-0.1, -0.05) is 17.7 Å². The first-order chi connectivity index (χ1) is 15.0. The Morgan fingerprint density at radius 1 is 1.35 bits per heavy atom. The minimum Gasteiger partial charge on any atom is -0.467 e. The van der Waals surface area contributed by atoms with Gasteiger partial charge in [-0.15, -0.1) is 11.3 Å². The molecule has 7 nitrogen and oxygen atoms in total. The van der Waals surface area contributed by atoms with E-state index in [1.807, 2.05) is 31.2 Å². The SMILES string of the molecule is Cc1ccc(Cl)cc1Nc1nc(C(=O)N2CCC[C@@H](C(=O)NCc3ccco3)C2)cs1. The summed E-state index contributed by atoms with van der Waals surface area (Å²) in [5.74, 6) is 0.245. The molecule has 1 saturated heterocycles. The van der Waals surface area contributed by atoms with Gasteiger partial charge in [0.05, 0.1) is 18.7 Å². The Balaban J connectivity index is 1.36. The van der Waals surface area contributed by atoms with Crippen LogP contribution in [0, 0.1) is 12.8 Å². The van der Waals surface area contributed by atoms with Crippen molar-refractivity contribution in [3.05, 3.63) is 64.0 Å². The largest absolute Gasteiger partial charge is 0.467 e. The lowest BCUT2D eigenvalue weighted by atomic mass is 9.97. The third-order valence-corrected chi connectivity index (χ3v) is 6.25. The topological polar surface area (TPSA) is 87.5 Å². The van der Waals surface area contributed by atoms with Crippen molar-refractivity contribution in [2.45, 2.75) is 26.3 Å². The average molecular weight is 459 g/mol. The van der Waals surface area contributed by atoms with Gasteiger partial charge in [0.2, 0.25) is 5.91 Å². The van der Waals surface area contributed by atoms with Crippen molar-refractivity contribution in [3.63, 3.8) is 0 Å². The Kier molecular flexibility index (Phi) is 6.58. The van der Waals surface area contributed by atoms with E-state index in [1.54, 1.807) is 22.6 Å². The fraction of sp³-hybridized carbons (Fsp3) is 0.318. The van der Waals surface area contributed by atoms with Crippen LogP contribution < -0.4 is 10.6 Å². The molecule has 2 aromatic heterocycles. The maximum Gasteiger partial charge on any atom is 0.273 e. The van der Waals surface area contributed by atoms with E-state index in [9.17, 15) is 9.59 Å². The Labute approximate surface area is 189 Å². The predicted molar refractivity (Wildman–Crippen MR) is 121 cm³/mol. The summed E-state index contributed by atoms with van der Waals surface area (Å²) in [6, 6.07) is 9.19. The van der Waals surface area contributed by atoms with Gasteiger partial charge in [0, 0.05) is 29.2 Å². The third kappa shape index (κ3) is 5.26. The van der Waals surface area contributed by atoms with Crippen LogP contribution in [0.15, 0.2) is 46.4 Å². The van der Waals surface area contributed by atoms with E-state index in [4.69, 9.17) is 16.0 Å². The van der Waals surface area contributed by atoms with Crippen LogP contribution in [0.4, 0.5) is 10.8 Å². The molecule has 31 heavy (non-hydrogen) atoms. The van der Waals surface area contributed by atoms with Crippen molar-refractivity contribution >= 4 is 45.6 Å². The van der Waals surface area contributed by atoms with Crippen LogP contribution in [0.3, 0.4) is 0 Å². The molecule has 2 amide bonds. The van der Waals surface area contributed by atoms with Gasteiger partial charge in [0.15, 0.2) is 5.13 Å². The first-order valence-corrected chi connectivity index (χ1v) is 11.3. The Bertz CT molecular complexity index is 1070. The molecule has 1 aliphatic heterocycles. The second-order valence-corrected chi connectivity index (χ2v) is 8.80. The number of carbonyl (C=O) groups is 2. The molecule has 1 fully saturated rings. The van der Waals surface area contributed by atoms with Crippen molar-refractivity contribution in [2.75, 3.05) is 18.4 Å². The molecule has 9 heteroatoms. The quantitative estimate of drug-likeness (QED) is 0.563. The highest BCUT2D eigenvalue weighted by molar-refractivity contribution is 7.14. The number of aromatic nitrogens is 1. The molecule has 1 atom stereocenters. The second kappa shape index (κ2) is 9.53. The number of rotatable bonds is 6. The number of anilines is 2. The molecule has 2 N–H and O–H groups in total. The van der Waals surface area contributed by atoms with E-state index >= 15 is 0 Å². The second-order valence-electron chi connectivity index (χ2n) is 7.51. The third-order valence-electron chi connectivity index (χ3n) is 5.26. The standard InChI is InChI=1S/C22H23ClN4O3S/c1-14-6-7-16(23)10-18(14)25-22-26-19(13-31-22)21(29)27-8-2-4-15(12-27)20(28)24-11-17-5-3-9-30-17/h3,5-7,9-10,13,15H,2,4,8,11-12H2,1H3,(H,24,28)(H,25,26)/t15-/m1/s1. The molecule has 1 aliphatic rings. The fourth-order valence-corrected chi connectivity index (χ4v) is 4.41. The Morgan fingerprint density at radius 3 is 3.03 bits per heavy atom. The van der Waals surface area contributed by atoms with Gasteiger partial charge < -0.3 is 20.0 Å². The molecule has 0 radical (unpaired) electrons. The van der Waals surface area contributed by atoms with E-state index in [0.717, 1.165) is 24.1 Å². The number of aryl methyl sites for hydroxylation is 1. The van der Waals surface area contributed by atoms with Crippen molar-refractivity contribution in [3.8, 4) is 0 Å². The van der Waals surface area contributed by atoms with Crippen molar-refractivity contribution in [1.29, 1.82) is 0 Å². The van der Waals surface area contributed by atoms with Crippen LogP contribution in [0.1, 0.15) is 34.7 Å². The summed E-state index contributed by atoms with van der Waals surface area (Å²) in [6.45, 7) is 3.33. The van der Waals surface area contributed by atoms with Crippen LogP contribution in [-0.2, 0) is 11.3 Å². The number of piperidine rings is 1. The molecular formula is C22H23ClN4O3S. The summed E-state index contributed by atoms with van der Waals surface area (Å²) in [5, 5.41) is 9.11. The van der Waals surface area contributed by atoms with Gasteiger partial charge >= 0.3 is 0 Å². The number of nitrogens with zero attached hydrogens (tertiary/aromatic N) is 2. The highest BCUT2D eigenvalue weighted by Crippen LogP contribution is 2.27. The van der Waals surface area contributed by atoms with E-state index < -0.39 is 0 Å². The minimum absolute atomic E-state index is 0.0639. The molecule has 1 aromatic carbocycles. The highest BCUT2D eigenvalue weighted by Gasteiger charge is 2.30. The van der Waals surface area contributed by atoms with Crippen molar-refractivity contribution < 1.29 is 14.0 Å². The lowest BCUT2D eigenvalue weighted by molar-refractivity contribution is -0.126. The van der Waals surface area contributed by atoms with Gasteiger partial charge in [-0.25, -0.2) is 4.98 Å². The summed E-state index contributed by atoms with van der Waals surface area (Å²) in [5.41, 5.74) is 2.27. The smallest absolute Gasteiger partial charge is 0.273 e. The van der Waals surface area contributed by atoms with Crippen LogP contribution in [0.5, 0.6) is 0 Å².